The van der Waals surface area contributed by atoms with Crippen molar-refractivity contribution in [2.45, 2.75) is 77.5 Å². The lowest BCUT2D eigenvalue weighted by molar-refractivity contribution is -0.142. The molecule has 0 fully saturated rings. The van der Waals surface area contributed by atoms with Crippen LogP contribution in [0.4, 0.5) is 0 Å². The van der Waals surface area contributed by atoms with E-state index >= 15 is 0 Å². The van der Waals surface area contributed by atoms with Crippen molar-refractivity contribution in [1.29, 1.82) is 0 Å². The van der Waals surface area contributed by atoms with Crippen LogP contribution in [-0.4, -0.2) is 67.9 Å². The minimum absolute atomic E-state index is 0.0175. The Balaban J connectivity index is 1.71. The number of aromatic nitrogens is 3. The Morgan fingerprint density at radius 1 is 0.854 bits per heavy atom. The van der Waals surface area contributed by atoms with Crippen molar-refractivity contribution in [1.82, 2.24) is 30.9 Å². The number of fused-ring (bicyclic) bond motifs is 1. The third-order valence-electron chi connectivity index (χ3n) is 6.73. The number of nitrogens with one attached hydrogen (secondary N) is 5. The van der Waals surface area contributed by atoms with Crippen molar-refractivity contribution in [3.05, 3.63) is 54.2 Å². The number of rotatable bonds is 15. The molecule has 0 bridgehead atoms. The van der Waals surface area contributed by atoms with Crippen molar-refractivity contribution in [3.63, 3.8) is 0 Å². The van der Waals surface area contributed by atoms with Crippen LogP contribution in [0.15, 0.2) is 43.0 Å². The highest BCUT2D eigenvalue weighted by molar-refractivity contribution is 5.94. The second-order valence-electron chi connectivity index (χ2n) is 11.2. The topological polar surface area (TPSA) is 195 Å². The number of amides is 3. The molecule has 41 heavy (non-hydrogen) atoms. The first-order chi connectivity index (χ1) is 19.4. The fourth-order valence-corrected chi connectivity index (χ4v) is 4.68. The summed E-state index contributed by atoms with van der Waals surface area (Å²) in [5, 5.41) is 18.9. The maximum atomic E-state index is 13.4. The first-order valence-electron chi connectivity index (χ1n) is 13.9. The SMILES string of the molecule is CC(C)CC(NC(=O)C(N)Cc1cnc[nH]1)C(=O)NC(CC(C)C)C(=O)NC(Cc1c[nH]c2ccccc12)C(=O)O. The molecule has 3 amide bonds. The smallest absolute Gasteiger partial charge is 0.326 e. The molecule has 1 aromatic carbocycles. The van der Waals surface area contributed by atoms with Crippen LogP contribution in [0, 0.1) is 11.8 Å². The van der Waals surface area contributed by atoms with Crippen LogP contribution in [0.5, 0.6) is 0 Å². The van der Waals surface area contributed by atoms with Gasteiger partial charge in [-0.05, 0) is 36.3 Å². The summed E-state index contributed by atoms with van der Waals surface area (Å²) >= 11 is 0. The average molecular weight is 568 g/mol. The fourth-order valence-electron chi connectivity index (χ4n) is 4.68. The maximum Gasteiger partial charge on any atom is 0.326 e. The minimum atomic E-state index is -1.21. The second kappa shape index (κ2) is 14.4. The molecule has 0 aliphatic heterocycles. The molecule has 0 saturated heterocycles. The van der Waals surface area contributed by atoms with Gasteiger partial charge in [0.15, 0.2) is 0 Å². The first-order valence-corrected chi connectivity index (χ1v) is 13.9. The molecule has 2 aromatic heterocycles. The Morgan fingerprint density at radius 3 is 2.00 bits per heavy atom. The third-order valence-corrected chi connectivity index (χ3v) is 6.73. The third kappa shape index (κ3) is 9.17. The lowest BCUT2D eigenvalue weighted by atomic mass is 9.99. The summed E-state index contributed by atoms with van der Waals surface area (Å²) in [5.41, 5.74) is 8.37. The van der Waals surface area contributed by atoms with E-state index in [0.717, 1.165) is 16.5 Å². The van der Waals surface area contributed by atoms with Crippen molar-refractivity contribution < 1.29 is 24.3 Å². The van der Waals surface area contributed by atoms with Gasteiger partial charge in [-0.2, -0.15) is 0 Å². The number of carbonyl (C=O) groups is 4. The van der Waals surface area contributed by atoms with Crippen LogP contribution in [0.3, 0.4) is 0 Å². The summed E-state index contributed by atoms with van der Waals surface area (Å²) < 4.78 is 0. The summed E-state index contributed by atoms with van der Waals surface area (Å²) in [4.78, 5) is 61.6. The van der Waals surface area contributed by atoms with Crippen LogP contribution in [0.25, 0.3) is 10.9 Å². The summed E-state index contributed by atoms with van der Waals surface area (Å²) in [7, 11) is 0. The van der Waals surface area contributed by atoms with Gasteiger partial charge in [-0.15, -0.1) is 0 Å². The standard InChI is InChI=1S/C29H41N7O5/c1-16(2)9-23(34-26(37)21(30)12-19-14-31-15-33-19)27(38)35-24(10-17(3)4)28(39)36-25(29(40)41)11-18-13-32-22-8-6-5-7-20(18)22/h5-8,13-17,21,23-25,32H,9-12,30H2,1-4H3,(H,31,33)(H,34,37)(H,35,38)(H,36,39)(H,40,41). The monoisotopic (exact) mass is 567 g/mol. The predicted molar refractivity (Wildman–Crippen MR) is 155 cm³/mol. The predicted octanol–water partition coefficient (Wildman–Crippen LogP) is 1.63. The molecule has 2 heterocycles. The van der Waals surface area contributed by atoms with E-state index < -0.39 is 47.9 Å². The molecule has 222 valence electrons. The highest BCUT2D eigenvalue weighted by Gasteiger charge is 2.31. The van der Waals surface area contributed by atoms with Gasteiger partial charge >= 0.3 is 5.97 Å². The molecule has 0 radical (unpaired) electrons. The zero-order valence-electron chi connectivity index (χ0n) is 23.9. The molecule has 8 N–H and O–H groups in total. The van der Waals surface area contributed by atoms with Crippen LogP contribution >= 0.6 is 0 Å². The number of imidazole rings is 1. The molecule has 3 aromatic rings. The number of H-pyrrole nitrogens is 2. The fraction of sp³-hybridized carbons (Fsp3) is 0.483. The molecule has 3 rings (SSSR count). The van der Waals surface area contributed by atoms with Crippen LogP contribution in [-0.2, 0) is 32.0 Å². The number of aliphatic carboxylic acids is 1. The van der Waals surface area contributed by atoms with Gasteiger partial charge in [-0.3, -0.25) is 14.4 Å². The zero-order valence-corrected chi connectivity index (χ0v) is 23.9. The van der Waals surface area contributed by atoms with Gasteiger partial charge in [-0.25, -0.2) is 9.78 Å². The van der Waals surface area contributed by atoms with Gasteiger partial charge in [0, 0.05) is 41.8 Å². The Bertz CT molecular complexity index is 1320. The number of nitrogens with zero attached hydrogens (tertiary/aromatic N) is 1. The molecule has 0 aliphatic rings. The minimum Gasteiger partial charge on any atom is -0.480 e. The van der Waals surface area contributed by atoms with Gasteiger partial charge in [-0.1, -0.05) is 45.9 Å². The summed E-state index contributed by atoms with van der Waals surface area (Å²) in [6.45, 7) is 7.62. The Kier molecular flexibility index (Phi) is 11.0. The number of carbonyl (C=O) groups excluding carboxylic acids is 3. The van der Waals surface area contributed by atoms with Crippen molar-refractivity contribution in [3.8, 4) is 0 Å². The molecule has 0 spiro atoms. The van der Waals surface area contributed by atoms with Gasteiger partial charge in [0.1, 0.15) is 18.1 Å². The first kappa shape index (κ1) is 31.3. The van der Waals surface area contributed by atoms with Gasteiger partial charge in [0.05, 0.1) is 12.4 Å². The Hall–Kier alpha value is -4.19. The lowest BCUT2D eigenvalue weighted by Crippen LogP contribution is -2.57. The highest BCUT2D eigenvalue weighted by Crippen LogP contribution is 2.19. The average Bonchev–Trinajstić information content (AvgIpc) is 3.56. The summed E-state index contributed by atoms with van der Waals surface area (Å²) in [6.07, 6.45) is 5.67. The second-order valence-corrected chi connectivity index (χ2v) is 11.2. The van der Waals surface area contributed by atoms with E-state index in [1.54, 1.807) is 12.4 Å². The van der Waals surface area contributed by atoms with E-state index in [0.29, 0.717) is 12.1 Å². The Labute approximate surface area is 239 Å². The molecule has 0 aliphatic carbocycles. The normalized spacial score (nSPS) is 14.4. The van der Waals surface area contributed by atoms with E-state index in [1.165, 1.54) is 6.33 Å². The van der Waals surface area contributed by atoms with Crippen molar-refractivity contribution >= 4 is 34.6 Å². The van der Waals surface area contributed by atoms with Gasteiger partial charge < -0.3 is 36.8 Å². The zero-order chi connectivity index (χ0) is 30.1. The van der Waals surface area contributed by atoms with E-state index in [2.05, 4.69) is 30.9 Å². The number of benzene rings is 1. The summed E-state index contributed by atoms with van der Waals surface area (Å²) in [5.74, 6) is -2.76. The molecular weight excluding hydrogens is 526 g/mol. The molecule has 4 atom stereocenters. The van der Waals surface area contributed by atoms with E-state index in [1.807, 2.05) is 52.0 Å². The van der Waals surface area contributed by atoms with Crippen molar-refractivity contribution in [2.75, 3.05) is 0 Å². The number of carboxylic acids is 1. The largest absolute Gasteiger partial charge is 0.480 e. The quantitative estimate of drug-likeness (QED) is 0.145. The van der Waals surface area contributed by atoms with E-state index in [4.69, 9.17) is 5.73 Å². The number of carboxylic acid groups (broad SMARTS) is 1. The highest BCUT2D eigenvalue weighted by atomic mass is 16.4. The van der Waals surface area contributed by atoms with E-state index in [9.17, 15) is 24.3 Å². The van der Waals surface area contributed by atoms with Gasteiger partial charge in [0.25, 0.3) is 0 Å². The number of hydrogen-bond acceptors (Lipinski definition) is 6. The van der Waals surface area contributed by atoms with Crippen LogP contribution in [0.2, 0.25) is 0 Å². The maximum absolute atomic E-state index is 13.4. The van der Waals surface area contributed by atoms with Gasteiger partial charge in [0.2, 0.25) is 17.7 Å². The molecule has 12 heteroatoms. The lowest BCUT2D eigenvalue weighted by Gasteiger charge is -2.27. The van der Waals surface area contributed by atoms with Crippen LogP contribution in [0.1, 0.15) is 51.8 Å². The van der Waals surface area contributed by atoms with E-state index in [-0.39, 0.29) is 31.1 Å². The number of para-hydroxylation sites is 1. The summed E-state index contributed by atoms with van der Waals surface area (Å²) in [6, 6.07) is 3.45. The molecule has 12 nitrogen and oxygen atoms in total. The number of aromatic amines is 2. The number of nitrogens with two attached hydrogens (primary N) is 1. The molecular formula is C29H41N7O5. The van der Waals surface area contributed by atoms with Crippen molar-refractivity contribution in [2.24, 2.45) is 17.6 Å². The Morgan fingerprint density at radius 2 is 1.44 bits per heavy atom. The molecule has 4 unspecified atom stereocenters. The number of hydrogen-bond donors (Lipinski definition) is 7. The molecule has 0 saturated carbocycles. The van der Waals surface area contributed by atoms with Crippen LogP contribution < -0.4 is 21.7 Å².